The Labute approximate surface area is 161 Å². The second kappa shape index (κ2) is 7.25. The molecular weight excluding hydrogens is 362 g/mol. The molecule has 1 amide bonds. The van der Waals surface area contributed by atoms with Gasteiger partial charge >= 0.3 is 0 Å². The van der Waals surface area contributed by atoms with Crippen LogP contribution in [0, 0.1) is 0 Å². The number of carbonyl (C=O) groups is 1. The van der Waals surface area contributed by atoms with E-state index in [1.807, 2.05) is 60.1 Å². The predicted octanol–water partition coefficient (Wildman–Crippen LogP) is 3.40. The van der Waals surface area contributed by atoms with Gasteiger partial charge in [-0.25, -0.2) is 9.67 Å². The topological polar surface area (TPSA) is 64.7 Å². The molecule has 6 nitrogen and oxygen atoms in total. The van der Waals surface area contributed by atoms with Crippen molar-refractivity contribution >= 4 is 28.4 Å². The zero-order valence-electron chi connectivity index (χ0n) is 14.8. The van der Waals surface area contributed by atoms with Crippen molar-refractivity contribution in [3.05, 3.63) is 83.0 Å². The van der Waals surface area contributed by atoms with Crippen molar-refractivity contribution in [3.8, 4) is 0 Å². The minimum absolute atomic E-state index is 0.189. The third-order valence-electron chi connectivity index (χ3n) is 4.55. The number of hydrogen-bond acceptors (Lipinski definition) is 3. The number of nitrogens with zero attached hydrogens (tertiary/aromatic N) is 4. The largest absolute Gasteiger partial charge is 0.347 e. The van der Waals surface area contributed by atoms with Gasteiger partial charge in [-0.3, -0.25) is 4.79 Å². The molecule has 27 heavy (non-hydrogen) atoms. The van der Waals surface area contributed by atoms with Crippen LogP contribution in [0.4, 0.5) is 0 Å². The Bertz CT molecular complexity index is 1040. The molecule has 4 rings (SSSR count). The molecule has 1 N–H and O–H groups in total. The molecule has 0 radical (unpaired) electrons. The number of nitrogens with one attached hydrogen (secondary N) is 1. The van der Waals surface area contributed by atoms with Gasteiger partial charge in [0.1, 0.15) is 18.3 Å². The summed E-state index contributed by atoms with van der Waals surface area (Å²) in [6.45, 7) is 1.10. The van der Waals surface area contributed by atoms with E-state index in [4.69, 9.17) is 11.6 Å². The van der Waals surface area contributed by atoms with E-state index in [1.54, 1.807) is 11.0 Å². The second-order valence-electron chi connectivity index (χ2n) is 6.33. The lowest BCUT2D eigenvalue weighted by molar-refractivity contribution is 0.0943. The van der Waals surface area contributed by atoms with E-state index in [2.05, 4.69) is 15.4 Å². The van der Waals surface area contributed by atoms with Crippen LogP contribution in [0.3, 0.4) is 0 Å². The van der Waals surface area contributed by atoms with E-state index in [1.165, 1.54) is 6.33 Å². The standard InChI is InChI=1S/C20H18ClN5O/c1-25-17-5-3-2-4-16(17)18(21)19(25)20(27)23-10-14-6-8-15(9-7-14)11-26-13-22-12-24-26/h2-9,12-13H,10-11H2,1H3,(H,23,27). The smallest absolute Gasteiger partial charge is 0.269 e. The van der Waals surface area contributed by atoms with Crippen LogP contribution in [0.2, 0.25) is 5.02 Å². The van der Waals surface area contributed by atoms with E-state index >= 15 is 0 Å². The van der Waals surface area contributed by atoms with Crippen molar-refractivity contribution in [2.45, 2.75) is 13.1 Å². The molecule has 4 aromatic rings. The Hall–Kier alpha value is -3.12. The Morgan fingerprint density at radius 1 is 1.11 bits per heavy atom. The predicted molar refractivity (Wildman–Crippen MR) is 105 cm³/mol. The molecule has 0 atom stereocenters. The summed E-state index contributed by atoms with van der Waals surface area (Å²) in [5, 5.41) is 8.41. The maximum atomic E-state index is 12.7. The van der Waals surface area contributed by atoms with Crippen molar-refractivity contribution in [2.24, 2.45) is 7.05 Å². The minimum atomic E-state index is -0.189. The SMILES string of the molecule is Cn1c(C(=O)NCc2ccc(Cn3cncn3)cc2)c(Cl)c2ccccc21. The van der Waals surface area contributed by atoms with E-state index in [9.17, 15) is 4.79 Å². The van der Waals surface area contributed by atoms with Gasteiger partial charge in [0.15, 0.2) is 0 Å². The molecule has 2 aromatic heterocycles. The van der Waals surface area contributed by atoms with Crippen LogP contribution in [0.15, 0.2) is 61.2 Å². The fraction of sp³-hybridized carbons (Fsp3) is 0.150. The van der Waals surface area contributed by atoms with Gasteiger partial charge in [0.05, 0.1) is 11.6 Å². The quantitative estimate of drug-likeness (QED) is 0.578. The molecule has 0 spiro atoms. The van der Waals surface area contributed by atoms with Crippen LogP contribution < -0.4 is 5.32 Å². The van der Waals surface area contributed by atoms with Crippen LogP contribution >= 0.6 is 11.6 Å². The van der Waals surface area contributed by atoms with E-state index in [0.29, 0.717) is 23.8 Å². The Balaban J connectivity index is 1.45. The summed E-state index contributed by atoms with van der Waals surface area (Å²) in [5.41, 5.74) is 3.54. The maximum absolute atomic E-state index is 12.7. The number of benzene rings is 2. The number of aryl methyl sites for hydroxylation is 1. The highest BCUT2D eigenvalue weighted by Gasteiger charge is 2.19. The molecule has 0 aliphatic rings. The number of para-hydroxylation sites is 1. The normalized spacial score (nSPS) is 11.0. The van der Waals surface area contributed by atoms with Crippen LogP contribution in [0.1, 0.15) is 21.6 Å². The lowest BCUT2D eigenvalue weighted by atomic mass is 10.1. The van der Waals surface area contributed by atoms with Crippen molar-refractivity contribution < 1.29 is 4.79 Å². The number of amides is 1. The summed E-state index contributed by atoms with van der Waals surface area (Å²) in [5.74, 6) is -0.189. The van der Waals surface area contributed by atoms with Crippen molar-refractivity contribution in [3.63, 3.8) is 0 Å². The number of halogens is 1. The molecule has 0 aliphatic heterocycles. The van der Waals surface area contributed by atoms with Gasteiger partial charge in [0.2, 0.25) is 0 Å². The van der Waals surface area contributed by atoms with Crippen LogP contribution in [0.25, 0.3) is 10.9 Å². The maximum Gasteiger partial charge on any atom is 0.269 e. The van der Waals surface area contributed by atoms with Gasteiger partial charge in [0, 0.05) is 24.5 Å². The van der Waals surface area contributed by atoms with Crippen molar-refractivity contribution in [2.75, 3.05) is 0 Å². The van der Waals surface area contributed by atoms with Gasteiger partial charge in [-0.05, 0) is 17.2 Å². The summed E-state index contributed by atoms with van der Waals surface area (Å²) < 4.78 is 3.59. The van der Waals surface area contributed by atoms with Gasteiger partial charge in [-0.1, -0.05) is 54.1 Å². The van der Waals surface area contributed by atoms with Gasteiger partial charge < -0.3 is 9.88 Å². The molecule has 0 saturated heterocycles. The fourth-order valence-electron chi connectivity index (χ4n) is 3.13. The molecular formula is C20H18ClN5O. The number of fused-ring (bicyclic) bond motifs is 1. The molecule has 2 heterocycles. The summed E-state index contributed by atoms with van der Waals surface area (Å²) in [6, 6.07) is 15.7. The van der Waals surface area contributed by atoms with Gasteiger partial charge in [-0.2, -0.15) is 5.10 Å². The highest BCUT2D eigenvalue weighted by Crippen LogP contribution is 2.29. The van der Waals surface area contributed by atoms with Crippen LogP contribution in [0.5, 0.6) is 0 Å². The first-order chi connectivity index (χ1) is 13.1. The monoisotopic (exact) mass is 379 g/mol. The van der Waals surface area contributed by atoms with Gasteiger partial charge in [0.25, 0.3) is 5.91 Å². The van der Waals surface area contributed by atoms with E-state index < -0.39 is 0 Å². The van der Waals surface area contributed by atoms with Gasteiger partial charge in [-0.15, -0.1) is 0 Å². The summed E-state index contributed by atoms with van der Waals surface area (Å²) in [4.78, 5) is 16.6. The molecule has 2 aromatic carbocycles. The minimum Gasteiger partial charge on any atom is -0.347 e. The third kappa shape index (κ3) is 3.44. The summed E-state index contributed by atoms with van der Waals surface area (Å²) in [7, 11) is 1.85. The average molecular weight is 380 g/mol. The third-order valence-corrected chi connectivity index (χ3v) is 4.93. The van der Waals surface area contributed by atoms with Crippen molar-refractivity contribution in [1.29, 1.82) is 0 Å². The zero-order valence-corrected chi connectivity index (χ0v) is 15.5. The first kappa shape index (κ1) is 17.3. The van der Waals surface area contributed by atoms with Crippen molar-refractivity contribution in [1.82, 2.24) is 24.6 Å². The number of carbonyl (C=O) groups excluding carboxylic acids is 1. The number of hydrogen-bond donors (Lipinski definition) is 1. The average Bonchev–Trinajstić information content (AvgIpc) is 3.28. The molecule has 0 aliphatic carbocycles. The van der Waals surface area contributed by atoms with E-state index in [-0.39, 0.29) is 5.91 Å². The first-order valence-electron chi connectivity index (χ1n) is 8.55. The molecule has 136 valence electrons. The lowest BCUT2D eigenvalue weighted by Crippen LogP contribution is -2.25. The second-order valence-corrected chi connectivity index (χ2v) is 6.71. The molecule has 7 heteroatoms. The Kier molecular flexibility index (Phi) is 4.64. The summed E-state index contributed by atoms with van der Waals surface area (Å²) in [6.07, 6.45) is 3.20. The Morgan fingerprint density at radius 2 is 1.85 bits per heavy atom. The zero-order chi connectivity index (χ0) is 18.8. The van der Waals surface area contributed by atoms with Crippen LogP contribution in [-0.4, -0.2) is 25.2 Å². The highest BCUT2D eigenvalue weighted by molar-refractivity contribution is 6.38. The molecule has 0 fully saturated rings. The summed E-state index contributed by atoms with van der Waals surface area (Å²) >= 11 is 6.43. The molecule has 0 unspecified atom stereocenters. The highest BCUT2D eigenvalue weighted by atomic mass is 35.5. The van der Waals surface area contributed by atoms with E-state index in [0.717, 1.165) is 22.0 Å². The van der Waals surface area contributed by atoms with Crippen LogP contribution in [-0.2, 0) is 20.1 Å². The lowest BCUT2D eigenvalue weighted by Gasteiger charge is -2.08. The fourth-order valence-corrected chi connectivity index (χ4v) is 3.50. The first-order valence-corrected chi connectivity index (χ1v) is 8.92. The Morgan fingerprint density at radius 3 is 2.56 bits per heavy atom. The number of aromatic nitrogens is 4. The molecule has 0 saturated carbocycles. The number of rotatable bonds is 5. The molecule has 0 bridgehead atoms.